The summed E-state index contributed by atoms with van der Waals surface area (Å²) in [5.74, 6) is 1.03. The minimum Gasteiger partial charge on any atom is -0.342 e. The molecular formula is C25H31FN2O. The van der Waals surface area contributed by atoms with E-state index >= 15 is 0 Å². The molecule has 4 rings (SSSR count). The van der Waals surface area contributed by atoms with E-state index in [1.807, 2.05) is 12.1 Å². The summed E-state index contributed by atoms with van der Waals surface area (Å²) in [5, 5.41) is 0. The molecule has 0 bridgehead atoms. The lowest BCUT2D eigenvalue weighted by Gasteiger charge is -2.37. The first-order chi connectivity index (χ1) is 14.2. The van der Waals surface area contributed by atoms with E-state index in [1.54, 1.807) is 6.07 Å². The number of carbonyl (C=O) groups is 1. The van der Waals surface area contributed by atoms with E-state index in [0.717, 1.165) is 63.8 Å². The largest absolute Gasteiger partial charge is 0.342 e. The fourth-order valence-electron chi connectivity index (χ4n) is 4.77. The number of carbonyl (C=O) groups excluding carboxylic acids is 1. The third-order valence-electron chi connectivity index (χ3n) is 6.58. The third kappa shape index (κ3) is 5.24. The Morgan fingerprint density at radius 2 is 1.52 bits per heavy atom. The van der Waals surface area contributed by atoms with Crippen LogP contribution in [0.2, 0.25) is 0 Å². The molecule has 2 aliphatic rings. The first-order valence-corrected chi connectivity index (χ1v) is 11.0. The van der Waals surface area contributed by atoms with Crippen molar-refractivity contribution in [2.45, 2.75) is 38.6 Å². The van der Waals surface area contributed by atoms with E-state index in [4.69, 9.17) is 0 Å². The molecule has 2 fully saturated rings. The van der Waals surface area contributed by atoms with Crippen LogP contribution in [0.1, 0.15) is 36.8 Å². The van der Waals surface area contributed by atoms with Crippen LogP contribution in [-0.4, -0.2) is 41.9 Å². The number of halogens is 1. The zero-order valence-corrected chi connectivity index (χ0v) is 17.1. The molecule has 0 aromatic heterocycles. The van der Waals surface area contributed by atoms with Gasteiger partial charge in [0.2, 0.25) is 5.91 Å². The van der Waals surface area contributed by atoms with E-state index in [9.17, 15) is 9.18 Å². The lowest BCUT2D eigenvalue weighted by Crippen LogP contribution is -2.45. The second-order valence-corrected chi connectivity index (χ2v) is 8.60. The molecule has 0 unspecified atom stereocenters. The summed E-state index contributed by atoms with van der Waals surface area (Å²) in [6.07, 6.45) is 5.10. The SMILES string of the molecule is O=C(C1CCN(Cc2ccccc2F)CC1)N1CCC(Cc2ccccc2)CC1. The molecule has 4 heteroatoms. The maximum absolute atomic E-state index is 13.9. The van der Waals surface area contributed by atoms with E-state index in [0.29, 0.717) is 18.4 Å². The Balaban J connectivity index is 1.21. The molecule has 2 saturated heterocycles. The highest BCUT2D eigenvalue weighted by Gasteiger charge is 2.31. The number of likely N-dealkylation sites (tertiary alicyclic amines) is 2. The summed E-state index contributed by atoms with van der Waals surface area (Å²) in [6, 6.07) is 17.7. The van der Waals surface area contributed by atoms with E-state index in [2.05, 4.69) is 40.1 Å². The van der Waals surface area contributed by atoms with Gasteiger partial charge in [-0.2, -0.15) is 0 Å². The van der Waals surface area contributed by atoms with Gasteiger partial charge < -0.3 is 4.90 Å². The molecule has 0 N–H and O–H groups in total. The Morgan fingerprint density at radius 3 is 2.21 bits per heavy atom. The number of hydrogen-bond acceptors (Lipinski definition) is 2. The van der Waals surface area contributed by atoms with Gasteiger partial charge in [-0.1, -0.05) is 48.5 Å². The summed E-state index contributed by atoms with van der Waals surface area (Å²) in [7, 11) is 0. The second-order valence-electron chi connectivity index (χ2n) is 8.60. The number of piperidine rings is 2. The van der Waals surface area contributed by atoms with Crippen LogP contribution in [0.25, 0.3) is 0 Å². The molecule has 29 heavy (non-hydrogen) atoms. The predicted molar refractivity (Wildman–Crippen MR) is 114 cm³/mol. The Labute approximate surface area is 173 Å². The zero-order chi connectivity index (χ0) is 20.1. The predicted octanol–water partition coefficient (Wildman–Crippen LogP) is 4.52. The number of hydrogen-bond donors (Lipinski definition) is 0. The second kappa shape index (κ2) is 9.53. The summed E-state index contributed by atoms with van der Waals surface area (Å²) in [5.41, 5.74) is 2.15. The molecule has 0 radical (unpaired) electrons. The van der Waals surface area contributed by atoms with Gasteiger partial charge in [0.15, 0.2) is 0 Å². The number of nitrogens with zero attached hydrogens (tertiary/aromatic N) is 2. The molecule has 1 amide bonds. The molecular weight excluding hydrogens is 363 g/mol. The van der Waals surface area contributed by atoms with Crippen molar-refractivity contribution in [3.8, 4) is 0 Å². The summed E-state index contributed by atoms with van der Waals surface area (Å²) in [4.78, 5) is 17.4. The molecule has 0 spiro atoms. The molecule has 2 heterocycles. The quantitative estimate of drug-likeness (QED) is 0.744. The van der Waals surface area contributed by atoms with Crippen LogP contribution in [0.5, 0.6) is 0 Å². The summed E-state index contributed by atoms with van der Waals surface area (Å²) in [6.45, 7) is 4.17. The Bertz CT molecular complexity index is 793. The molecule has 0 saturated carbocycles. The fourth-order valence-corrected chi connectivity index (χ4v) is 4.77. The van der Waals surface area contributed by atoms with Crippen LogP contribution in [0.15, 0.2) is 54.6 Å². The van der Waals surface area contributed by atoms with Gasteiger partial charge >= 0.3 is 0 Å². The van der Waals surface area contributed by atoms with Gasteiger partial charge in [0.25, 0.3) is 0 Å². The van der Waals surface area contributed by atoms with Crippen molar-refractivity contribution in [2.24, 2.45) is 11.8 Å². The Kier molecular flexibility index (Phi) is 6.60. The van der Waals surface area contributed by atoms with Crippen LogP contribution in [0.3, 0.4) is 0 Å². The van der Waals surface area contributed by atoms with Crippen molar-refractivity contribution < 1.29 is 9.18 Å². The van der Waals surface area contributed by atoms with Gasteiger partial charge in [-0.15, -0.1) is 0 Å². The average molecular weight is 395 g/mol. The standard InChI is InChI=1S/C25H31FN2O/c26-24-9-5-4-8-23(24)19-27-14-12-22(13-15-27)25(29)28-16-10-21(11-17-28)18-20-6-2-1-3-7-20/h1-9,21-22H,10-19H2. The normalized spacial score (nSPS) is 19.4. The smallest absolute Gasteiger partial charge is 0.225 e. The van der Waals surface area contributed by atoms with Crippen molar-refractivity contribution in [3.05, 3.63) is 71.5 Å². The van der Waals surface area contributed by atoms with Crippen LogP contribution in [-0.2, 0) is 17.8 Å². The number of benzene rings is 2. The molecule has 0 aliphatic carbocycles. The third-order valence-corrected chi connectivity index (χ3v) is 6.58. The lowest BCUT2D eigenvalue weighted by atomic mass is 9.88. The highest BCUT2D eigenvalue weighted by Crippen LogP contribution is 2.26. The first kappa shape index (κ1) is 20.1. The lowest BCUT2D eigenvalue weighted by molar-refractivity contribution is -0.138. The molecule has 0 atom stereocenters. The number of rotatable bonds is 5. The topological polar surface area (TPSA) is 23.6 Å². The highest BCUT2D eigenvalue weighted by atomic mass is 19.1. The molecule has 2 aromatic rings. The minimum absolute atomic E-state index is 0.135. The van der Waals surface area contributed by atoms with Gasteiger partial charge in [0, 0.05) is 31.1 Å². The number of amides is 1. The van der Waals surface area contributed by atoms with Gasteiger partial charge in [-0.3, -0.25) is 9.69 Å². The molecule has 154 valence electrons. The maximum atomic E-state index is 13.9. The van der Waals surface area contributed by atoms with Gasteiger partial charge in [-0.05, 0) is 62.7 Å². The van der Waals surface area contributed by atoms with Crippen molar-refractivity contribution in [3.63, 3.8) is 0 Å². The van der Waals surface area contributed by atoms with Crippen LogP contribution < -0.4 is 0 Å². The molecule has 2 aliphatic heterocycles. The Morgan fingerprint density at radius 1 is 0.862 bits per heavy atom. The zero-order valence-electron chi connectivity index (χ0n) is 17.1. The van der Waals surface area contributed by atoms with Gasteiger partial charge in [0.05, 0.1) is 0 Å². The average Bonchev–Trinajstić information content (AvgIpc) is 2.77. The van der Waals surface area contributed by atoms with E-state index < -0.39 is 0 Å². The van der Waals surface area contributed by atoms with Crippen LogP contribution >= 0.6 is 0 Å². The van der Waals surface area contributed by atoms with Crippen LogP contribution in [0, 0.1) is 17.7 Å². The fraction of sp³-hybridized carbons (Fsp3) is 0.480. The summed E-state index contributed by atoms with van der Waals surface area (Å²) < 4.78 is 13.9. The van der Waals surface area contributed by atoms with E-state index in [-0.39, 0.29) is 11.7 Å². The maximum Gasteiger partial charge on any atom is 0.225 e. The van der Waals surface area contributed by atoms with E-state index in [1.165, 1.54) is 11.6 Å². The monoisotopic (exact) mass is 394 g/mol. The van der Waals surface area contributed by atoms with Crippen molar-refractivity contribution in [1.29, 1.82) is 0 Å². The van der Waals surface area contributed by atoms with Gasteiger partial charge in [-0.25, -0.2) is 4.39 Å². The van der Waals surface area contributed by atoms with Crippen molar-refractivity contribution >= 4 is 5.91 Å². The minimum atomic E-state index is -0.135. The Hall–Kier alpha value is -2.20. The molecule has 2 aromatic carbocycles. The van der Waals surface area contributed by atoms with Crippen LogP contribution in [0.4, 0.5) is 4.39 Å². The highest BCUT2D eigenvalue weighted by molar-refractivity contribution is 5.79. The first-order valence-electron chi connectivity index (χ1n) is 11.0. The molecule has 3 nitrogen and oxygen atoms in total. The van der Waals surface area contributed by atoms with Crippen molar-refractivity contribution in [2.75, 3.05) is 26.2 Å². The summed E-state index contributed by atoms with van der Waals surface area (Å²) >= 11 is 0. The van der Waals surface area contributed by atoms with Gasteiger partial charge in [0.1, 0.15) is 5.82 Å². The van der Waals surface area contributed by atoms with Crippen molar-refractivity contribution in [1.82, 2.24) is 9.80 Å².